The first-order valence-electron chi connectivity index (χ1n) is 8.12. The van der Waals surface area contributed by atoms with Gasteiger partial charge in [-0.15, -0.1) is 11.8 Å². The molecule has 0 saturated heterocycles. The predicted molar refractivity (Wildman–Crippen MR) is 105 cm³/mol. The van der Waals surface area contributed by atoms with Crippen LogP contribution in [0.4, 0.5) is 5.69 Å². The smallest absolute Gasteiger partial charge is 0.231 e. The first-order chi connectivity index (χ1) is 12.0. The van der Waals surface area contributed by atoms with Gasteiger partial charge in [0.2, 0.25) is 5.91 Å². The molecule has 0 bridgehead atoms. The van der Waals surface area contributed by atoms with Gasteiger partial charge >= 0.3 is 0 Å². The number of amides is 1. The normalized spacial score (nSPS) is 12.2. The molecule has 130 valence electrons. The minimum Gasteiger partial charge on any atom is -0.495 e. The fourth-order valence-corrected chi connectivity index (χ4v) is 3.43. The molecule has 1 heterocycles. The Morgan fingerprint density at radius 1 is 1.24 bits per heavy atom. The number of carbonyl (C=O) groups excluding carboxylic acids is 1. The van der Waals surface area contributed by atoms with Crippen molar-refractivity contribution in [1.29, 1.82) is 0 Å². The quantitative estimate of drug-likeness (QED) is 0.678. The van der Waals surface area contributed by atoms with E-state index < -0.39 is 0 Å². The van der Waals surface area contributed by atoms with Gasteiger partial charge in [0.25, 0.3) is 0 Å². The van der Waals surface area contributed by atoms with E-state index >= 15 is 0 Å². The molecule has 0 aliphatic carbocycles. The van der Waals surface area contributed by atoms with Gasteiger partial charge in [-0.25, -0.2) is 0 Å². The van der Waals surface area contributed by atoms with Crippen LogP contribution in [-0.4, -0.2) is 23.8 Å². The molecule has 0 saturated carbocycles. The lowest BCUT2D eigenvalue weighted by Gasteiger charge is -2.15. The van der Waals surface area contributed by atoms with Crippen molar-refractivity contribution in [3.8, 4) is 5.75 Å². The lowest BCUT2D eigenvalue weighted by Crippen LogP contribution is -2.19. The molecule has 2 aromatic carbocycles. The largest absolute Gasteiger partial charge is 0.495 e. The third-order valence-electron chi connectivity index (χ3n) is 4.45. The molecule has 1 aromatic heterocycles. The number of aryl methyl sites for hydroxylation is 1. The van der Waals surface area contributed by atoms with E-state index in [0.717, 1.165) is 21.4 Å². The van der Waals surface area contributed by atoms with Gasteiger partial charge in [-0.1, -0.05) is 18.2 Å². The van der Waals surface area contributed by atoms with Crippen LogP contribution in [0.1, 0.15) is 18.4 Å². The van der Waals surface area contributed by atoms with Crippen molar-refractivity contribution in [3.63, 3.8) is 0 Å². The van der Waals surface area contributed by atoms with Crippen LogP contribution in [0.15, 0.2) is 53.6 Å². The van der Waals surface area contributed by atoms with Crippen LogP contribution in [0.2, 0.25) is 0 Å². The van der Waals surface area contributed by atoms with Crippen LogP contribution in [0, 0.1) is 0 Å². The highest BCUT2D eigenvalue weighted by Gasteiger charge is 2.21. The fraction of sp³-hybridized carbons (Fsp3) is 0.250. The SMILES string of the molecule is COc1cc(SC)ccc1NC(=O)C(C)c1cn(C)c2ccccc12. The number of hydrogen-bond donors (Lipinski definition) is 1. The first kappa shape index (κ1) is 17.4. The summed E-state index contributed by atoms with van der Waals surface area (Å²) in [6, 6.07) is 13.9. The van der Waals surface area contributed by atoms with Gasteiger partial charge in [-0.3, -0.25) is 4.79 Å². The topological polar surface area (TPSA) is 43.3 Å². The maximum atomic E-state index is 12.8. The van der Waals surface area contributed by atoms with Crippen LogP contribution in [0.25, 0.3) is 10.9 Å². The monoisotopic (exact) mass is 354 g/mol. The number of nitrogens with one attached hydrogen (secondary N) is 1. The van der Waals surface area contributed by atoms with Gasteiger partial charge in [-0.05, 0) is 43.0 Å². The molecule has 1 N–H and O–H groups in total. The summed E-state index contributed by atoms with van der Waals surface area (Å²) in [4.78, 5) is 13.9. The van der Waals surface area contributed by atoms with Crippen LogP contribution < -0.4 is 10.1 Å². The summed E-state index contributed by atoms with van der Waals surface area (Å²) in [6.07, 6.45) is 4.04. The summed E-state index contributed by atoms with van der Waals surface area (Å²) in [7, 11) is 3.61. The molecule has 0 radical (unpaired) electrons. The maximum Gasteiger partial charge on any atom is 0.231 e. The number of benzene rings is 2. The minimum atomic E-state index is -0.268. The van der Waals surface area contributed by atoms with E-state index in [0.29, 0.717) is 11.4 Å². The molecule has 4 nitrogen and oxygen atoms in total. The van der Waals surface area contributed by atoms with Crippen LogP contribution in [0.3, 0.4) is 0 Å². The van der Waals surface area contributed by atoms with Gasteiger partial charge in [0.15, 0.2) is 0 Å². The van der Waals surface area contributed by atoms with Crippen LogP contribution in [-0.2, 0) is 11.8 Å². The molecule has 1 amide bonds. The van der Waals surface area contributed by atoms with Crippen molar-refractivity contribution in [1.82, 2.24) is 4.57 Å². The lowest BCUT2D eigenvalue weighted by atomic mass is 9.99. The molecule has 1 atom stereocenters. The number of anilines is 1. The van der Waals surface area contributed by atoms with Crippen molar-refractivity contribution in [2.24, 2.45) is 7.05 Å². The van der Waals surface area contributed by atoms with Crippen LogP contribution in [0.5, 0.6) is 5.75 Å². The Hall–Kier alpha value is -2.40. The van der Waals surface area contributed by atoms with Crippen molar-refractivity contribution < 1.29 is 9.53 Å². The van der Waals surface area contributed by atoms with E-state index in [1.807, 2.05) is 56.8 Å². The van der Waals surface area contributed by atoms with Gasteiger partial charge in [0.1, 0.15) is 5.75 Å². The van der Waals surface area contributed by atoms with E-state index in [4.69, 9.17) is 4.74 Å². The highest BCUT2D eigenvalue weighted by molar-refractivity contribution is 7.98. The van der Waals surface area contributed by atoms with Gasteiger partial charge in [-0.2, -0.15) is 0 Å². The number of para-hydroxylation sites is 1. The van der Waals surface area contributed by atoms with E-state index in [1.54, 1.807) is 18.9 Å². The fourth-order valence-electron chi connectivity index (χ4n) is 3.00. The second-order valence-electron chi connectivity index (χ2n) is 5.99. The summed E-state index contributed by atoms with van der Waals surface area (Å²) >= 11 is 1.64. The summed E-state index contributed by atoms with van der Waals surface area (Å²) in [5, 5.41) is 4.11. The molecule has 1 unspecified atom stereocenters. The molecular weight excluding hydrogens is 332 g/mol. The Bertz CT molecular complexity index is 917. The average molecular weight is 354 g/mol. The standard InChI is InChI=1S/C20H22N2O2S/c1-13(16-12-22(2)18-8-6-5-7-15(16)18)20(23)21-17-10-9-14(25-4)11-19(17)24-3/h5-13H,1-4H3,(H,21,23). The molecule has 0 aliphatic rings. The first-order valence-corrected chi connectivity index (χ1v) is 9.34. The number of hydrogen-bond acceptors (Lipinski definition) is 3. The molecule has 3 rings (SSSR count). The second kappa shape index (κ2) is 7.23. The third-order valence-corrected chi connectivity index (χ3v) is 5.18. The molecular formula is C20H22N2O2S. The molecule has 25 heavy (non-hydrogen) atoms. The second-order valence-corrected chi connectivity index (χ2v) is 6.87. The Morgan fingerprint density at radius 3 is 2.72 bits per heavy atom. The third kappa shape index (κ3) is 3.37. The van der Waals surface area contributed by atoms with Crippen molar-refractivity contribution in [3.05, 3.63) is 54.2 Å². The lowest BCUT2D eigenvalue weighted by molar-refractivity contribution is -0.117. The molecule has 0 aliphatic heterocycles. The Labute approximate surface area is 152 Å². The number of carbonyl (C=O) groups is 1. The Kier molecular flexibility index (Phi) is 5.04. The summed E-state index contributed by atoms with van der Waals surface area (Å²) in [6.45, 7) is 1.93. The van der Waals surface area contributed by atoms with Crippen molar-refractivity contribution in [2.45, 2.75) is 17.7 Å². The number of aromatic nitrogens is 1. The van der Waals surface area contributed by atoms with Crippen molar-refractivity contribution >= 4 is 34.3 Å². The number of rotatable bonds is 5. The Balaban J connectivity index is 1.88. The summed E-state index contributed by atoms with van der Waals surface area (Å²) in [5.74, 6) is 0.355. The van der Waals surface area contributed by atoms with E-state index in [2.05, 4.69) is 22.0 Å². The average Bonchev–Trinajstić information content (AvgIpc) is 2.98. The van der Waals surface area contributed by atoms with Crippen molar-refractivity contribution in [2.75, 3.05) is 18.7 Å². The Morgan fingerprint density at radius 2 is 2.00 bits per heavy atom. The number of nitrogens with zero attached hydrogens (tertiary/aromatic N) is 1. The summed E-state index contributed by atoms with van der Waals surface area (Å²) in [5.41, 5.74) is 2.84. The zero-order chi connectivity index (χ0) is 18.0. The molecule has 0 spiro atoms. The van der Waals surface area contributed by atoms with Crippen LogP contribution >= 0.6 is 11.8 Å². The molecule has 5 heteroatoms. The molecule has 3 aromatic rings. The highest BCUT2D eigenvalue weighted by atomic mass is 32.2. The number of ether oxygens (including phenoxy) is 1. The van der Waals surface area contributed by atoms with Gasteiger partial charge in [0, 0.05) is 29.0 Å². The number of fused-ring (bicyclic) bond motifs is 1. The zero-order valence-corrected chi connectivity index (χ0v) is 15.7. The maximum absolute atomic E-state index is 12.8. The molecule has 0 fully saturated rings. The van der Waals surface area contributed by atoms with Gasteiger partial charge < -0.3 is 14.6 Å². The number of thioether (sulfide) groups is 1. The van der Waals surface area contributed by atoms with E-state index in [1.165, 1.54) is 0 Å². The number of methoxy groups -OCH3 is 1. The summed E-state index contributed by atoms with van der Waals surface area (Å²) < 4.78 is 7.47. The van der Waals surface area contributed by atoms with E-state index in [9.17, 15) is 4.79 Å². The minimum absolute atomic E-state index is 0.0495. The predicted octanol–water partition coefficient (Wildman–Crippen LogP) is 4.65. The highest BCUT2D eigenvalue weighted by Crippen LogP contribution is 2.32. The zero-order valence-electron chi connectivity index (χ0n) is 14.9. The van der Waals surface area contributed by atoms with E-state index in [-0.39, 0.29) is 11.8 Å². The van der Waals surface area contributed by atoms with Gasteiger partial charge in [0.05, 0.1) is 18.7 Å².